The molecule has 1 fully saturated rings. The molecule has 4 rings (SSSR count). The molecule has 1 amide bonds. The van der Waals surface area contributed by atoms with Gasteiger partial charge in [-0.1, -0.05) is 18.2 Å². The Morgan fingerprint density at radius 2 is 1.82 bits per heavy atom. The Balaban J connectivity index is 1.52. The molecule has 8 nitrogen and oxygen atoms in total. The number of rotatable bonds is 6. The van der Waals surface area contributed by atoms with Gasteiger partial charge in [-0.3, -0.25) is 4.79 Å². The van der Waals surface area contributed by atoms with Crippen LogP contribution >= 0.6 is 0 Å². The zero-order valence-electron chi connectivity index (χ0n) is 18.9. The Kier molecular flexibility index (Phi) is 6.92. The molecule has 0 saturated carbocycles. The van der Waals surface area contributed by atoms with Gasteiger partial charge in [-0.25, -0.2) is 17.5 Å². The number of sulfonamides is 1. The SMILES string of the molecule is Cc1nn(-c2ccccc2)c(C)c1C=CC(=O)Nc1ccc(F)c(S(=O)(=O)N2CCOCC2)c1. The fourth-order valence-electron chi connectivity index (χ4n) is 3.76. The minimum absolute atomic E-state index is 0.149. The minimum atomic E-state index is -4.04. The van der Waals surface area contributed by atoms with Gasteiger partial charge in [0.15, 0.2) is 0 Å². The lowest BCUT2D eigenvalue weighted by Gasteiger charge is -2.26. The number of nitrogens with one attached hydrogen (secondary N) is 1. The number of benzene rings is 2. The number of aryl methyl sites for hydroxylation is 1. The molecule has 0 aliphatic carbocycles. The second-order valence-electron chi connectivity index (χ2n) is 7.82. The third kappa shape index (κ3) is 4.93. The number of aromatic nitrogens is 2. The van der Waals surface area contributed by atoms with Crippen molar-refractivity contribution < 1.29 is 22.3 Å². The summed E-state index contributed by atoms with van der Waals surface area (Å²) in [6.45, 7) is 4.57. The minimum Gasteiger partial charge on any atom is -0.379 e. The lowest BCUT2D eigenvalue weighted by molar-refractivity contribution is -0.111. The molecule has 0 bridgehead atoms. The summed E-state index contributed by atoms with van der Waals surface area (Å²) < 4.78 is 48.2. The first-order chi connectivity index (χ1) is 16.3. The van der Waals surface area contributed by atoms with E-state index in [4.69, 9.17) is 4.74 Å². The van der Waals surface area contributed by atoms with Gasteiger partial charge in [0.05, 0.1) is 24.6 Å². The molecular formula is C24H25FN4O4S. The number of carbonyl (C=O) groups is 1. The number of amides is 1. The van der Waals surface area contributed by atoms with Crippen LogP contribution in [0.2, 0.25) is 0 Å². The molecular weight excluding hydrogens is 459 g/mol. The van der Waals surface area contributed by atoms with Gasteiger partial charge < -0.3 is 10.1 Å². The molecule has 2 heterocycles. The van der Waals surface area contributed by atoms with Crippen LogP contribution in [-0.4, -0.2) is 54.7 Å². The smallest absolute Gasteiger partial charge is 0.248 e. The van der Waals surface area contributed by atoms with Crippen molar-refractivity contribution in [1.29, 1.82) is 0 Å². The fourth-order valence-corrected chi connectivity index (χ4v) is 5.26. The molecule has 1 aromatic heterocycles. The number of hydrogen-bond acceptors (Lipinski definition) is 5. The molecule has 1 N–H and O–H groups in total. The number of hydrogen-bond donors (Lipinski definition) is 1. The van der Waals surface area contributed by atoms with Crippen molar-refractivity contribution in [2.45, 2.75) is 18.7 Å². The van der Waals surface area contributed by atoms with Crippen LogP contribution in [0.15, 0.2) is 59.5 Å². The van der Waals surface area contributed by atoms with E-state index < -0.39 is 26.6 Å². The maximum Gasteiger partial charge on any atom is 0.248 e. The number of carbonyl (C=O) groups excluding carboxylic acids is 1. The van der Waals surface area contributed by atoms with E-state index in [1.165, 1.54) is 16.4 Å². The highest BCUT2D eigenvalue weighted by Gasteiger charge is 2.29. The number of halogens is 1. The summed E-state index contributed by atoms with van der Waals surface area (Å²) in [7, 11) is -4.04. The van der Waals surface area contributed by atoms with Crippen LogP contribution in [0.1, 0.15) is 17.0 Å². The van der Waals surface area contributed by atoms with Gasteiger partial charge in [-0.2, -0.15) is 9.40 Å². The maximum atomic E-state index is 14.4. The van der Waals surface area contributed by atoms with Gasteiger partial charge in [0.25, 0.3) is 0 Å². The normalized spacial score (nSPS) is 15.0. The zero-order chi connectivity index (χ0) is 24.3. The van der Waals surface area contributed by atoms with Crippen molar-refractivity contribution in [3.05, 3.63) is 77.4 Å². The summed E-state index contributed by atoms with van der Waals surface area (Å²) >= 11 is 0. The molecule has 2 aromatic carbocycles. The van der Waals surface area contributed by atoms with Crippen LogP contribution in [0.5, 0.6) is 0 Å². The van der Waals surface area contributed by atoms with Crippen LogP contribution in [0, 0.1) is 19.7 Å². The molecule has 1 saturated heterocycles. The van der Waals surface area contributed by atoms with E-state index in [1.54, 1.807) is 10.8 Å². The third-order valence-electron chi connectivity index (χ3n) is 5.54. The van der Waals surface area contributed by atoms with Crippen LogP contribution in [-0.2, 0) is 19.6 Å². The second kappa shape index (κ2) is 9.88. The Hall–Kier alpha value is -3.34. The van der Waals surface area contributed by atoms with Gasteiger partial charge in [-0.15, -0.1) is 0 Å². The Labute approximate surface area is 197 Å². The molecule has 0 unspecified atom stereocenters. The topological polar surface area (TPSA) is 93.5 Å². The summed E-state index contributed by atoms with van der Waals surface area (Å²) in [5.74, 6) is -1.35. The Morgan fingerprint density at radius 1 is 1.12 bits per heavy atom. The molecule has 1 aliphatic heterocycles. The fraction of sp³-hybridized carbons (Fsp3) is 0.250. The predicted molar refractivity (Wildman–Crippen MR) is 127 cm³/mol. The van der Waals surface area contributed by atoms with E-state index in [0.717, 1.165) is 34.8 Å². The lowest BCUT2D eigenvalue weighted by Crippen LogP contribution is -2.40. The van der Waals surface area contributed by atoms with Crippen LogP contribution in [0.25, 0.3) is 11.8 Å². The van der Waals surface area contributed by atoms with Gasteiger partial charge in [0, 0.05) is 36.1 Å². The highest BCUT2D eigenvalue weighted by atomic mass is 32.2. The number of nitrogens with zero attached hydrogens (tertiary/aromatic N) is 3. The van der Waals surface area contributed by atoms with E-state index in [1.807, 2.05) is 44.2 Å². The summed E-state index contributed by atoms with van der Waals surface area (Å²) in [5.41, 5.74) is 3.51. The summed E-state index contributed by atoms with van der Waals surface area (Å²) in [5, 5.41) is 7.15. The van der Waals surface area contributed by atoms with Crippen LogP contribution in [0.4, 0.5) is 10.1 Å². The third-order valence-corrected chi connectivity index (χ3v) is 7.45. The highest BCUT2D eigenvalue weighted by molar-refractivity contribution is 7.89. The number of morpholine rings is 1. The second-order valence-corrected chi connectivity index (χ2v) is 9.72. The Bertz CT molecular complexity index is 1330. The number of anilines is 1. The Morgan fingerprint density at radius 3 is 2.53 bits per heavy atom. The van der Waals surface area contributed by atoms with Crippen molar-refractivity contribution in [1.82, 2.24) is 14.1 Å². The zero-order valence-corrected chi connectivity index (χ0v) is 19.7. The van der Waals surface area contributed by atoms with Crippen molar-refractivity contribution >= 4 is 27.7 Å². The quantitative estimate of drug-likeness (QED) is 0.542. The molecule has 34 heavy (non-hydrogen) atoms. The van der Waals surface area contributed by atoms with Crippen molar-refractivity contribution in [2.24, 2.45) is 0 Å². The summed E-state index contributed by atoms with van der Waals surface area (Å²) in [4.78, 5) is 12.1. The largest absolute Gasteiger partial charge is 0.379 e. The van der Waals surface area contributed by atoms with E-state index in [-0.39, 0.29) is 32.0 Å². The molecule has 0 atom stereocenters. The molecule has 3 aromatic rings. The van der Waals surface area contributed by atoms with Crippen molar-refractivity contribution in [2.75, 3.05) is 31.6 Å². The first-order valence-electron chi connectivity index (χ1n) is 10.8. The van der Waals surface area contributed by atoms with Gasteiger partial charge in [0.1, 0.15) is 10.7 Å². The highest BCUT2D eigenvalue weighted by Crippen LogP contribution is 2.24. The van der Waals surface area contributed by atoms with Crippen LogP contribution in [0.3, 0.4) is 0 Å². The summed E-state index contributed by atoms with van der Waals surface area (Å²) in [6, 6.07) is 13.1. The monoisotopic (exact) mass is 484 g/mol. The van der Waals surface area contributed by atoms with E-state index in [2.05, 4.69) is 10.4 Å². The molecule has 1 aliphatic rings. The van der Waals surface area contributed by atoms with Crippen molar-refractivity contribution in [3.8, 4) is 5.69 Å². The average molecular weight is 485 g/mol. The lowest BCUT2D eigenvalue weighted by atomic mass is 10.2. The molecule has 10 heteroatoms. The number of ether oxygens (including phenoxy) is 1. The van der Waals surface area contributed by atoms with E-state index in [0.29, 0.717) is 0 Å². The van der Waals surface area contributed by atoms with Gasteiger partial charge >= 0.3 is 0 Å². The maximum absolute atomic E-state index is 14.4. The van der Waals surface area contributed by atoms with Crippen LogP contribution < -0.4 is 5.32 Å². The predicted octanol–water partition coefficient (Wildman–Crippen LogP) is 3.30. The average Bonchev–Trinajstić information content (AvgIpc) is 3.13. The molecule has 0 spiro atoms. The van der Waals surface area contributed by atoms with E-state index in [9.17, 15) is 17.6 Å². The summed E-state index contributed by atoms with van der Waals surface area (Å²) in [6.07, 6.45) is 2.99. The van der Waals surface area contributed by atoms with Crippen molar-refractivity contribution in [3.63, 3.8) is 0 Å². The standard InChI is InChI=1S/C24H25FN4O4S/c1-17-21(18(2)29(27-17)20-6-4-3-5-7-20)9-11-24(30)26-19-8-10-22(25)23(16-19)34(31,32)28-12-14-33-15-13-28/h3-11,16H,12-15H2,1-2H3,(H,26,30). The molecule has 178 valence electrons. The van der Waals surface area contributed by atoms with Gasteiger partial charge in [0.2, 0.25) is 15.9 Å². The number of para-hydroxylation sites is 1. The van der Waals surface area contributed by atoms with Gasteiger partial charge in [-0.05, 0) is 50.3 Å². The first kappa shape index (κ1) is 23.8. The molecule has 0 radical (unpaired) electrons. The first-order valence-corrected chi connectivity index (χ1v) is 12.2. The van der Waals surface area contributed by atoms with E-state index >= 15 is 0 Å².